The molecule has 1 amide bonds. The van der Waals surface area contributed by atoms with E-state index < -0.39 is 0 Å². The molecule has 0 atom stereocenters. The molecule has 6 heteroatoms. The first-order chi connectivity index (χ1) is 14.4. The maximum atomic E-state index is 12.1. The van der Waals surface area contributed by atoms with E-state index in [-0.39, 0.29) is 5.91 Å². The number of amides is 1. The molecule has 0 fully saturated rings. The van der Waals surface area contributed by atoms with Crippen molar-refractivity contribution in [1.82, 2.24) is 5.43 Å². The lowest BCUT2D eigenvalue weighted by Crippen LogP contribution is -2.20. The molecular formula is C24H22Br2N2O2. The van der Waals surface area contributed by atoms with Crippen LogP contribution >= 0.6 is 31.9 Å². The highest BCUT2D eigenvalue weighted by molar-refractivity contribution is 9.10. The van der Waals surface area contributed by atoms with Gasteiger partial charge in [-0.2, -0.15) is 5.10 Å². The summed E-state index contributed by atoms with van der Waals surface area (Å²) in [7, 11) is 0. The van der Waals surface area contributed by atoms with Gasteiger partial charge >= 0.3 is 0 Å². The highest BCUT2D eigenvalue weighted by atomic mass is 79.9. The Labute approximate surface area is 193 Å². The van der Waals surface area contributed by atoms with E-state index in [4.69, 9.17) is 4.74 Å². The third kappa shape index (κ3) is 6.54. The van der Waals surface area contributed by atoms with E-state index in [2.05, 4.69) is 48.5 Å². The molecule has 0 aliphatic carbocycles. The SMILES string of the molecule is Cc1ccc(CC(=O)N/N=C\c2ccc(OCc3ccc(Br)cc3)c(Br)c2)c(C)c1. The van der Waals surface area contributed by atoms with E-state index in [9.17, 15) is 4.79 Å². The standard InChI is InChI=1S/C24H22Br2N2O2/c1-16-3-7-20(17(2)11-16)13-24(29)28-27-14-19-6-10-23(22(26)12-19)30-15-18-4-8-21(25)9-5-18/h3-12,14H,13,15H2,1-2H3,(H,28,29)/b27-14-. The number of aryl methyl sites for hydroxylation is 2. The number of carbonyl (C=O) groups excluding carboxylic acids is 1. The van der Waals surface area contributed by atoms with Crippen molar-refractivity contribution in [2.75, 3.05) is 0 Å². The molecule has 0 aromatic heterocycles. The molecule has 0 saturated carbocycles. The number of hydrazone groups is 1. The summed E-state index contributed by atoms with van der Waals surface area (Å²) in [6.45, 7) is 4.53. The lowest BCUT2D eigenvalue weighted by atomic mass is 10.0. The maximum absolute atomic E-state index is 12.1. The molecule has 3 rings (SSSR count). The summed E-state index contributed by atoms with van der Waals surface area (Å²) >= 11 is 6.96. The molecular weight excluding hydrogens is 508 g/mol. The van der Waals surface area contributed by atoms with Crippen LogP contribution in [0.1, 0.15) is 27.8 Å². The van der Waals surface area contributed by atoms with Crippen molar-refractivity contribution in [3.63, 3.8) is 0 Å². The van der Waals surface area contributed by atoms with Crippen molar-refractivity contribution in [2.45, 2.75) is 26.9 Å². The Morgan fingerprint density at radius 3 is 2.50 bits per heavy atom. The van der Waals surface area contributed by atoms with Gasteiger partial charge in [0.2, 0.25) is 5.91 Å². The summed E-state index contributed by atoms with van der Waals surface area (Å²) in [5, 5.41) is 4.07. The van der Waals surface area contributed by atoms with Crippen molar-refractivity contribution >= 4 is 44.0 Å². The lowest BCUT2D eigenvalue weighted by Gasteiger charge is -2.09. The van der Waals surface area contributed by atoms with Crippen LogP contribution < -0.4 is 10.2 Å². The summed E-state index contributed by atoms with van der Waals surface area (Å²) < 4.78 is 7.73. The normalized spacial score (nSPS) is 10.9. The van der Waals surface area contributed by atoms with Crippen LogP contribution in [-0.2, 0) is 17.8 Å². The molecule has 0 radical (unpaired) electrons. The number of nitrogens with one attached hydrogen (secondary N) is 1. The monoisotopic (exact) mass is 528 g/mol. The van der Waals surface area contributed by atoms with E-state index in [1.54, 1.807) is 6.21 Å². The fourth-order valence-electron chi connectivity index (χ4n) is 2.89. The molecule has 30 heavy (non-hydrogen) atoms. The quantitative estimate of drug-likeness (QED) is 0.297. The van der Waals surface area contributed by atoms with Crippen molar-refractivity contribution < 1.29 is 9.53 Å². The lowest BCUT2D eigenvalue weighted by molar-refractivity contribution is -0.120. The van der Waals surface area contributed by atoms with Gasteiger partial charge in [0.1, 0.15) is 12.4 Å². The molecule has 0 unspecified atom stereocenters. The average Bonchev–Trinajstić information content (AvgIpc) is 2.71. The van der Waals surface area contributed by atoms with Gasteiger partial charge in [0, 0.05) is 4.47 Å². The van der Waals surface area contributed by atoms with Gasteiger partial charge in [-0.25, -0.2) is 5.43 Å². The molecule has 3 aromatic carbocycles. The van der Waals surface area contributed by atoms with Gasteiger partial charge in [-0.15, -0.1) is 0 Å². The Kier molecular flexibility index (Phi) is 7.82. The van der Waals surface area contributed by atoms with Crippen LogP contribution in [0.4, 0.5) is 0 Å². The van der Waals surface area contributed by atoms with E-state index in [0.29, 0.717) is 13.0 Å². The molecule has 0 aliphatic heterocycles. The van der Waals surface area contributed by atoms with Crippen molar-refractivity contribution in [1.29, 1.82) is 0 Å². The van der Waals surface area contributed by atoms with Crippen molar-refractivity contribution in [3.05, 3.63) is 97.4 Å². The first-order valence-corrected chi connectivity index (χ1v) is 11.0. The average molecular weight is 530 g/mol. The van der Waals surface area contributed by atoms with Crippen molar-refractivity contribution in [3.8, 4) is 5.75 Å². The number of hydrogen-bond acceptors (Lipinski definition) is 3. The number of carbonyl (C=O) groups is 1. The largest absolute Gasteiger partial charge is 0.488 e. The predicted octanol–water partition coefficient (Wildman–Crippen LogP) is 6.10. The highest BCUT2D eigenvalue weighted by Crippen LogP contribution is 2.26. The number of rotatable bonds is 7. The summed E-state index contributed by atoms with van der Waals surface area (Å²) in [5.41, 5.74) is 7.82. The molecule has 0 heterocycles. The molecule has 0 aliphatic rings. The van der Waals surface area contributed by atoms with E-state index in [0.717, 1.165) is 36.9 Å². The van der Waals surface area contributed by atoms with Crippen LogP contribution in [-0.4, -0.2) is 12.1 Å². The van der Waals surface area contributed by atoms with Gasteiger partial charge in [0.15, 0.2) is 0 Å². The second-order valence-corrected chi connectivity index (χ2v) is 8.77. The van der Waals surface area contributed by atoms with Crippen LogP contribution in [0.25, 0.3) is 0 Å². The Balaban J connectivity index is 1.53. The predicted molar refractivity (Wildman–Crippen MR) is 128 cm³/mol. The molecule has 4 nitrogen and oxygen atoms in total. The maximum Gasteiger partial charge on any atom is 0.244 e. The molecule has 3 aromatic rings. The first kappa shape index (κ1) is 22.2. The van der Waals surface area contributed by atoms with Crippen molar-refractivity contribution in [2.24, 2.45) is 5.10 Å². The van der Waals surface area contributed by atoms with Crippen LogP contribution in [0, 0.1) is 13.8 Å². The Morgan fingerprint density at radius 2 is 1.80 bits per heavy atom. The third-order valence-corrected chi connectivity index (χ3v) is 5.66. The van der Waals surface area contributed by atoms with Crippen LogP contribution in [0.2, 0.25) is 0 Å². The van der Waals surface area contributed by atoms with Gasteiger partial charge in [-0.1, -0.05) is 51.8 Å². The second kappa shape index (κ2) is 10.5. The number of hydrogen-bond donors (Lipinski definition) is 1. The van der Waals surface area contributed by atoms with Crippen LogP contribution in [0.5, 0.6) is 5.75 Å². The Hall–Kier alpha value is -2.44. The van der Waals surface area contributed by atoms with E-state index >= 15 is 0 Å². The highest BCUT2D eigenvalue weighted by Gasteiger charge is 2.06. The minimum atomic E-state index is -0.147. The van der Waals surface area contributed by atoms with Gasteiger partial charge in [0.25, 0.3) is 0 Å². The van der Waals surface area contributed by atoms with Gasteiger partial charge < -0.3 is 4.74 Å². The molecule has 0 spiro atoms. The number of ether oxygens (including phenoxy) is 1. The van der Waals surface area contributed by atoms with E-state index in [1.807, 2.05) is 68.4 Å². The van der Waals surface area contributed by atoms with Gasteiger partial charge in [0.05, 0.1) is 17.1 Å². The fourth-order valence-corrected chi connectivity index (χ4v) is 3.67. The minimum Gasteiger partial charge on any atom is -0.488 e. The molecule has 0 saturated heterocycles. The third-order valence-electron chi connectivity index (χ3n) is 4.52. The number of nitrogens with zero attached hydrogens (tertiary/aromatic N) is 1. The topological polar surface area (TPSA) is 50.7 Å². The number of halogens is 2. The summed E-state index contributed by atoms with van der Waals surface area (Å²) in [6.07, 6.45) is 1.92. The van der Waals surface area contributed by atoms with Gasteiger partial charge in [-0.05, 0) is 82.4 Å². The molecule has 154 valence electrons. The summed E-state index contributed by atoms with van der Waals surface area (Å²) in [5.74, 6) is 0.598. The van der Waals surface area contributed by atoms with Crippen LogP contribution in [0.15, 0.2) is 74.7 Å². The summed E-state index contributed by atoms with van der Waals surface area (Å²) in [4.78, 5) is 12.1. The zero-order chi connectivity index (χ0) is 21.5. The molecule has 0 bridgehead atoms. The van der Waals surface area contributed by atoms with Crippen LogP contribution in [0.3, 0.4) is 0 Å². The fraction of sp³-hybridized carbons (Fsp3) is 0.167. The van der Waals surface area contributed by atoms with Gasteiger partial charge in [-0.3, -0.25) is 4.79 Å². The van der Waals surface area contributed by atoms with E-state index in [1.165, 1.54) is 5.56 Å². The Morgan fingerprint density at radius 1 is 1.03 bits per heavy atom. The smallest absolute Gasteiger partial charge is 0.244 e. The zero-order valence-electron chi connectivity index (χ0n) is 16.8. The Bertz CT molecular complexity index is 1060. The number of benzene rings is 3. The zero-order valence-corrected chi connectivity index (χ0v) is 20.0. The summed E-state index contributed by atoms with van der Waals surface area (Å²) in [6, 6.07) is 19.7. The minimum absolute atomic E-state index is 0.147. The first-order valence-electron chi connectivity index (χ1n) is 9.45. The second-order valence-electron chi connectivity index (χ2n) is 7.00. The molecule has 1 N–H and O–H groups in total.